The van der Waals surface area contributed by atoms with E-state index in [0.717, 1.165) is 16.7 Å². The van der Waals surface area contributed by atoms with Crippen LogP contribution in [-0.4, -0.2) is 35.9 Å². The Morgan fingerprint density at radius 2 is 1.97 bits per heavy atom. The molecule has 7 nitrogen and oxygen atoms in total. The molecule has 0 spiro atoms. The van der Waals surface area contributed by atoms with Crippen molar-refractivity contribution < 1.29 is 19.1 Å². The summed E-state index contributed by atoms with van der Waals surface area (Å²) in [6.07, 6.45) is 0.172. The van der Waals surface area contributed by atoms with Crippen molar-refractivity contribution >= 4 is 17.9 Å². The molecule has 1 atom stereocenters. The number of amides is 3. The van der Waals surface area contributed by atoms with E-state index < -0.39 is 11.5 Å². The lowest BCUT2D eigenvalue weighted by atomic mass is 9.88. The van der Waals surface area contributed by atoms with Crippen LogP contribution in [0.15, 0.2) is 48.5 Å². The monoisotopic (exact) mass is 407 g/mol. The third kappa shape index (κ3) is 4.15. The first kappa shape index (κ1) is 19.9. The van der Waals surface area contributed by atoms with Gasteiger partial charge in [-0.25, -0.2) is 4.79 Å². The van der Waals surface area contributed by atoms with Gasteiger partial charge >= 0.3 is 6.09 Å². The quantitative estimate of drug-likeness (QED) is 0.798. The van der Waals surface area contributed by atoms with Crippen LogP contribution < -0.4 is 10.6 Å². The Labute approximate surface area is 175 Å². The van der Waals surface area contributed by atoms with Crippen LogP contribution in [0.4, 0.5) is 4.79 Å². The number of hydrogen-bond donors (Lipinski definition) is 2. The summed E-state index contributed by atoms with van der Waals surface area (Å²) in [6.45, 7) is 3.77. The van der Waals surface area contributed by atoms with Crippen molar-refractivity contribution in [3.63, 3.8) is 0 Å². The van der Waals surface area contributed by atoms with Gasteiger partial charge in [-0.15, -0.1) is 0 Å². The van der Waals surface area contributed by atoms with E-state index in [4.69, 9.17) is 4.74 Å². The van der Waals surface area contributed by atoms with Crippen molar-refractivity contribution in [3.05, 3.63) is 70.8 Å². The smallest absolute Gasteiger partial charge is 0.410 e. The van der Waals surface area contributed by atoms with E-state index in [1.54, 1.807) is 4.90 Å². The third-order valence-electron chi connectivity index (χ3n) is 5.80. The lowest BCUT2D eigenvalue weighted by molar-refractivity contribution is -0.129. The maximum Gasteiger partial charge on any atom is 0.410 e. The number of likely N-dealkylation sites (tertiary alicyclic amines) is 1. The molecule has 0 aromatic heterocycles. The molecule has 3 amide bonds. The molecule has 2 heterocycles. The topological polar surface area (TPSA) is 87.7 Å². The third-order valence-corrected chi connectivity index (χ3v) is 5.80. The first-order valence-electron chi connectivity index (χ1n) is 10.1. The van der Waals surface area contributed by atoms with Crippen LogP contribution in [0.2, 0.25) is 0 Å². The molecule has 1 fully saturated rings. The van der Waals surface area contributed by atoms with Crippen molar-refractivity contribution in [2.45, 2.75) is 33.0 Å². The molecule has 2 N–H and O–H groups in total. The van der Waals surface area contributed by atoms with Crippen molar-refractivity contribution in [3.8, 4) is 0 Å². The van der Waals surface area contributed by atoms with Crippen LogP contribution >= 0.6 is 0 Å². The molecule has 0 saturated carbocycles. The average Bonchev–Trinajstić information content (AvgIpc) is 3.35. The summed E-state index contributed by atoms with van der Waals surface area (Å²) in [6, 6.07) is 15.2. The van der Waals surface area contributed by atoms with Gasteiger partial charge in [-0.2, -0.15) is 0 Å². The Hall–Kier alpha value is -3.35. The number of carbonyl (C=O) groups excluding carboxylic acids is 3. The van der Waals surface area contributed by atoms with Crippen LogP contribution in [0, 0.1) is 5.41 Å². The first-order chi connectivity index (χ1) is 14.4. The lowest BCUT2D eigenvalue weighted by Gasteiger charge is -2.23. The number of fused-ring (bicyclic) bond motifs is 1. The molecule has 2 aromatic rings. The highest BCUT2D eigenvalue weighted by Gasteiger charge is 2.42. The second-order valence-corrected chi connectivity index (χ2v) is 8.13. The Kier molecular flexibility index (Phi) is 5.44. The van der Waals surface area contributed by atoms with E-state index in [1.165, 1.54) is 0 Å². The number of benzene rings is 2. The second kappa shape index (κ2) is 8.18. The van der Waals surface area contributed by atoms with Crippen molar-refractivity contribution in [2.75, 3.05) is 13.1 Å². The van der Waals surface area contributed by atoms with E-state index in [0.29, 0.717) is 38.2 Å². The molecule has 1 saturated heterocycles. The van der Waals surface area contributed by atoms with E-state index >= 15 is 0 Å². The maximum absolute atomic E-state index is 12.8. The van der Waals surface area contributed by atoms with Gasteiger partial charge in [0, 0.05) is 31.7 Å². The Morgan fingerprint density at radius 3 is 2.77 bits per heavy atom. The number of nitrogens with zero attached hydrogens (tertiary/aromatic N) is 1. The standard InChI is InChI=1S/C23H25N3O4/c1-23(9-10-26(15-23)22(29)30-14-16-5-3-2-4-6-16)21(28)25-12-17-7-8-18-13-24-20(27)19(18)11-17/h2-8,11H,9-10,12-15H2,1H3,(H,24,27)(H,25,28). The summed E-state index contributed by atoms with van der Waals surface area (Å²) in [5.41, 5.74) is 2.77. The molecule has 4 rings (SSSR count). The summed E-state index contributed by atoms with van der Waals surface area (Å²) >= 11 is 0. The predicted molar refractivity (Wildman–Crippen MR) is 110 cm³/mol. The molecule has 2 aliphatic rings. The number of ether oxygens (including phenoxy) is 1. The van der Waals surface area contributed by atoms with Gasteiger partial charge in [0.15, 0.2) is 0 Å². The van der Waals surface area contributed by atoms with E-state index in [9.17, 15) is 14.4 Å². The zero-order chi connectivity index (χ0) is 21.1. The van der Waals surface area contributed by atoms with Crippen LogP contribution in [0.25, 0.3) is 0 Å². The molecule has 0 aliphatic carbocycles. The fraction of sp³-hybridized carbons (Fsp3) is 0.348. The molecule has 1 unspecified atom stereocenters. The Bertz CT molecular complexity index is 976. The maximum atomic E-state index is 12.8. The molecule has 30 heavy (non-hydrogen) atoms. The number of rotatable bonds is 5. The molecular formula is C23H25N3O4. The predicted octanol–water partition coefficient (Wildman–Crippen LogP) is 2.60. The highest BCUT2D eigenvalue weighted by molar-refractivity contribution is 5.98. The number of hydrogen-bond acceptors (Lipinski definition) is 4. The van der Waals surface area contributed by atoms with E-state index in [2.05, 4.69) is 10.6 Å². The van der Waals surface area contributed by atoms with Gasteiger partial charge in [-0.05, 0) is 36.1 Å². The van der Waals surface area contributed by atoms with Crippen LogP contribution in [-0.2, 0) is 29.2 Å². The van der Waals surface area contributed by atoms with Crippen LogP contribution in [0.1, 0.15) is 40.4 Å². The summed E-state index contributed by atoms with van der Waals surface area (Å²) in [5.74, 6) is -0.184. The highest BCUT2D eigenvalue weighted by atomic mass is 16.6. The van der Waals surface area contributed by atoms with Gasteiger partial charge in [-0.1, -0.05) is 42.5 Å². The fourth-order valence-electron chi connectivity index (χ4n) is 3.88. The fourth-order valence-corrected chi connectivity index (χ4v) is 3.88. The minimum absolute atomic E-state index is 0.0782. The molecule has 7 heteroatoms. The summed E-state index contributed by atoms with van der Waals surface area (Å²) < 4.78 is 5.38. The highest BCUT2D eigenvalue weighted by Crippen LogP contribution is 2.31. The van der Waals surface area contributed by atoms with Gasteiger partial charge in [-0.3, -0.25) is 9.59 Å². The van der Waals surface area contributed by atoms with Gasteiger partial charge in [0.2, 0.25) is 5.91 Å². The summed E-state index contributed by atoms with van der Waals surface area (Å²) in [7, 11) is 0. The van der Waals surface area contributed by atoms with E-state index in [-0.39, 0.29) is 18.4 Å². The summed E-state index contributed by atoms with van der Waals surface area (Å²) in [5, 5.41) is 5.74. The van der Waals surface area contributed by atoms with E-state index in [1.807, 2.05) is 55.5 Å². The number of carbonyl (C=O) groups is 3. The van der Waals surface area contributed by atoms with Gasteiger partial charge in [0.1, 0.15) is 6.61 Å². The van der Waals surface area contributed by atoms with Gasteiger partial charge in [0.05, 0.1) is 5.41 Å². The van der Waals surface area contributed by atoms with Crippen molar-refractivity contribution in [1.29, 1.82) is 0 Å². The van der Waals surface area contributed by atoms with Gasteiger partial charge in [0.25, 0.3) is 5.91 Å². The molecule has 2 aliphatic heterocycles. The summed E-state index contributed by atoms with van der Waals surface area (Å²) in [4.78, 5) is 38.6. The molecule has 156 valence electrons. The normalized spacial score (nSPS) is 19.9. The molecule has 0 bridgehead atoms. The van der Waals surface area contributed by atoms with Crippen LogP contribution in [0.5, 0.6) is 0 Å². The second-order valence-electron chi connectivity index (χ2n) is 8.13. The zero-order valence-corrected chi connectivity index (χ0v) is 16.9. The minimum Gasteiger partial charge on any atom is -0.445 e. The lowest BCUT2D eigenvalue weighted by Crippen LogP contribution is -2.41. The SMILES string of the molecule is CC1(C(=O)NCc2ccc3c(c2)C(=O)NC3)CCN(C(=O)OCc2ccccc2)C1. The Balaban J connectivity index is 1.29. The zero-order valence-electron chi connectivity index (χ0n) is 16.9. The minimum atomic E-state index is -0.667. The molecular weight excluding hydrogens is 382 g/mol. The average molecular weight is 407 g/mol. The van der Waals surface area contributed by atoms with Crippen LogP contribution in [0.3, 0.4) is 0 Å². The Morgan fingerprint density at radius 1 is 1.17 bits per heavy atom. The van der Waals surface area contributed by atoms with Crippen molar-refractivity contribution in [2.24, 2.45) is 5.41 Å². The largest absolute Gasteiger partial charge is 0.445 e. The first-order valence-corrected chi connectivity index (χ1v) is 10.1. The van der Waals surface area contributed by atoms with Crippen molar-refractivity contribution in [1.82, 2.24) is 15.5 Å². The molecule has 0 radical (unpaired) electrons. The molecule has 2 aromatic carbocycles. The van der Waals surface area contributed by atoms with Gasteiger partial charge < -0.3 is 20.3 Å². The number of nitrogens with one attached hydrogen (secondary N) is 2.